The fourth-order valence-electron chi connectivity index (χ4n) is 2.81. The fraction of sp³-hybridized carbons (Fsp3) is 0.316. The molecule has 1 heterocycles. The van der Waals surface area contributed by atoms with Crippen LogP contribution in [0.25, 0.3) is 11.0 Å². The second kappa shape index (κ2) is 6.80. The summed E-state index contributed by atoms with van der Waals surface area (Å²) in [5.41, 5.74) is 3.94. The van der Waals surface area contributed by atoms with Gasteiger partial charge in [0.15, 0.2) is 11.6 Å². The Kier molecular flexibility index (Phi) is 4.72. The Morgan fingerprint density at radius 3 is 2.56 bits per heavy atom. The third-order valence-electron chi connectivity index (χ3n) is 4.36. The van der Waals surface area contributed by atoms with Crippen molar-refractivity contribution in [1.29, 1.82) is 0 Å². The summed E-state index contributed by atoms with van der Waals surface area (Å²) in [6.07, 6.45) is 0.639. The standard InChI is InChI=1S/C19H20F2N2O2/c1-11-4-5-12(2)19(13(11)3)25-9-14(24)8-23-10-22-17-6-15(20)16(21)7-18(17)23/h4-7,10,14,24H,8-9H2,1-3H3. The van der Waals surface area contributed by atoms with E-state index in [9.17, 15) is 13.9 Å². The van der Waals surface area contributed by atoms with Crippen LogP contribution in [0.3, 0.4) is 0 Å². The maximum Gasteiger partial charge on any atom is 0.161 e. The van der Waals surface area contributed by atoms with Gasteiger partial charge in [-0.3, -0.25) is 0 Å². The van der Waals surface area contributed by atoms with Crippen molar-refractivity contribution in [2.75, 3.05) is 6.61 Å². The molecule has 0 aliphatic carbocycles. The van der Waals surface area contributed by atoms with Gasteiger partial charge in [-0.25, -0.2) is 13.8 Å². The highest BCUT2D eigenvalue weighted by Gasteiger charge is 2.14. The Bertz CT molecular complexity index is 921. The molecule has 4 nitrogen and oxygen atoms in total. The van der Waals surface area contributed by atoms with Crippen LogP contribution in [0.4, 0.5) is 8.78 Å². The zero-order chi connectivity index (χ0) is 18.1. The molecular formula is C19H20F2N2O2. The molecule has 0 amide bonds. The normalized spacial score (nSPS) is 12.6. The summed E-state index contributed by atoms with van der Waals surface area (Å²) in [5, 5.41) is 10.3. The van der Waals surface area contributed by atoms with Crippen molar-refractivity contribution in [2.45, 2.75) is 33.4 Å². The third-order valence-corrected chi connectivity index (χ3v) is 4.36. The number of rotatable bonds is 5. The number of fused-ring (bicyclic) bond motifs is 1. The van der Waals surface area contributed by atoms with Crippen LogP contribution in [0.5, 0.6) is 5.75 Å². The van der Waals surface area contributed by atoms with Gasteiger partial charge in [-0.15, -0.1) is 0 Å². The second-order valence-electron chi connectivity index (χ2n) is 6.27. The van der Waals surface area contributed by atoms with Crippen LogP contribution >= 0.6 is 0 Å². The number of hydrogen-bond acceptors (Lipinski definition) is 3. The molecule has 1 N–H and O–H groups in total. The zero-order valence-corrected chi connectivity index (χ0v) is 14.4. The molecule has 0 spiro atoms. The first-order valence-corrected chi connectivity index (χ1v) is 8.04. The minimum Gasteiger partial charge on any atom is -0.490 e. The molecule has 132 valence electrons. The van der Waals surface area contributed by atoms with E-state index in [0.29, 0.717) is 11.0 Å². The number of ether oxygens (including phenoxy) is 1. The number of benzene rings is 2. The molecule has 0 saturated heterocycles. The van der Waals surface area contributed by atoms with E-state index in [1.807, 2.05) is 32.9 Å². The van der Waals surface area contributed by atoms with Crippen LogP contribution in [0.2, 0.25) is 0 Å². The molecule has 1 aromatic heterocycles. The predicted octanol–water partition coefficient (Wildman–Crippen LogP) is 3.68. The lowest BCUT2D eigenvalue weighted by atomic mass is 10.1. The van der Waals surface area contributed by atoms with Crippen molar-refractivity contribution in [3.63, 3.8) is 0 Å². The Balaban J connectivity index is 1.72. The zero-order valence-electron chi connectivity index (χ0n) is 14.4. The molecule has 1 unspecified atom stereocenters. The average Bonchev–Trinajstić information content (AvgIpc) is 2.93. The van der Waals surface area contributed by atoms with E-state index in [4.69, 9.17) is 4.74 Å². The number of imidazole rings is 1. The van der Waals surface area contributed by atoms with Gasteiger partial charge in [-0.1, -0.05) is 12.1 Å². The topological polar surface area (TPSA) is 47.3 Å². The van der Waals surface area contributed by atoms with Crippen LogP contribution in [0.15, 0.2) is 30.6 Å². The van der Waals surface area contributed by atoms with Crippen molar-refractivity contribution >= 4 is 11.0 Å². The van der Waals surface area contributed by atoms with Gasteiger partial charge in [0, 0.05) is 12.1 Å². The predicted molar refractivity (Wildman–Crippen MR) is 91.8 cm³/mol. The molecule has 25 heavy (non-hydrogen) atoms. The monoisotopic (exact) mass is 346 g/mol. The summed E-state index contributed by atoms with van der Waals surface area (Å²) in [5.74, 6) is -1.11. The van der Waals surface area contributed by atoms with Crippen molar-refractivity contribution < 1.29 is 18.6 Å². The SMILES string of the molecule is Cc1ccc(C)c(OCC(O)Cn2cnc3cc(F)c(F)cc32)c1C. The van der Waals surface area contributed by atoms with Crippen LogP contribution in [-0.2, 0) is 6.54 Å². The summed E-state index contributed by atoms with van der Waals surface area (Å²) >= 11 is 0. The van der Waals surface area contributed by atoms with Gasteiger partial charge in [0.05, 0.1) is 23.9 Å². The number of aromatic nitrogens is 2. The van der Waals surface area contributed by atoms with Crippen molar-refractivity contribution in [1.82, 2.24) is 9.55 Å². The Morgan fingerprint density at radius 1 is 1.12 bits per heavy atom. The quantitative estimate of drug-likeness (QED) is 0.767. The number of aliphatic hydroxyl groups excluding tert-OH is 1. The van der Waals surface area contributed by atoms with Crippen LogP contribution < -0.4 is 4.74 Å². The van der Waals surface area contributed by atoms with Crippen LogP contribution in [0.1, 0.15) is 16.7 Å². The lowest BCUT2D eigenvalue weighted by Gasteiger charge is -2.17. The lowest BCUT2D eigenvalue weighted by Crippen LogP contribution is -2.23. The molecular weight excluding hydrogens is 326 g/mol. The van der Waals surface area contributed by atoms with E-state index in [-0.39, 0.29) is 13.2 Å². The molecule has 3 rings (SSSR count). The summed E-state index contributed by atoms with van der Waals surface area (Å²) < 4.78 is 34.1. The maximum atomic E-state index is 13.4. The fourth-order valence-corrected chi connectivity index (χ4v) is 2.81. The van der Waals surface area contributed by atoms with Gasteiger partial charge in [0.25, 0.3) is 0 Å². The van der Waals surface area contributed by atoms with E-state index in [0.717, 1.165) is 34.6 Å². The Labute approximate surface area is 144 Å². The highest BCUT2D eigenvalue weighted by molar-refractivity contribution is 5.75. The maximum absolute atomic E-state index is 13.4. The molecule has 0 aliphatic rings. The highest BCUT2D eigenvalue weighted by atomic mass is 19.2. The van der Waals surface area contributed by atoms with E-state index in [1.54, 1.807) is 4.57 Å². The first-order valence-electron chi connectivity index (χ1n) is 8.04. The van der Waals surface area contributed by atoms with Gasteiger partial charge in [-0.05, 0) is 37.5 Å². The molecule has 0 bridgehead atoms. The van der Waals surface area contributed by atoms with E-state index in [2.05, 4.69) is 4.98 Å². The lowest BCUT2D eigenvalue weighted by molar-refractivity contribution is 0.0927. The summed E-state index contributed by atoms with van der Waals surface area (Å²) in [6.45, 7) is 6.20. The Morgan fingerprint density at radius 2 is 1.80 bits per heavy atom. The first kappa shape index (κ1) is 17.4. The van der Waals surface area contributed by atoms with Gasteiger partial charge in [0.1, 0.15) is 18.5 Å². The number of hydrogen-bond donors (Lipinski definition) is 1. The smallest absolute Gasteiger partial charge is 0.161 e. The summed E-state index contributed by atoms with van der Waals surface area (Å²) in [4.78, 5) is 4.04. The molecule has 0 fully saturated rings. The number of aryl methyl sites for hydroxylation is 2. The largest absolute Gasteiger partial charge is 0.490 e. The molecule has 2 aromatic carbocycles. The van der Waals surface area contributed by atoms with E-state index >= 15 is 0 Å². The molecule has 0 aliphatic heterocycles. The summed E-state index contributed by atoms with van der Waals surface area (Å²) in [7, 11) is 0. The minimum absolute atomic E-state index is 0.0917. The molecule has 3 aromatic rings. The van der Waals surface area contributed by atoms with Gasteiger partial charge >= 0.3 is 0 Å². The highest BCUT2D eigenvalue weighted by Crippen LogP contribution is 2.26. The average molecular weight is 346 g/mol. The van der Waals surface area contributed by atoms with Crippen molar-refractivity contribution in [3.05, 3.63) is 58.9 Å². The second-order valence-corrected chi connectivity index (χ2v) is 6.27. The van der Waals surface area contributed by atoms with Gasteiger partial charge in [0.2, 0.25) is 0 Å². The first-order chi connectivity index (χ1) is 11.9. The van der Waals surface area contributed by atoms with Crippen molar-refractivity contribution in [3.8, 4) is 5.75 Å². The van der Waals surface area contributed by atoms with E-state index < -0.39 is 17.7 Å². The Hall–Kier alpha value is -2.47. The molecule has 0 radical (unpaired) electrons. The van der Waals surface area contributed by atoms with E-state index in [1.165, 1.54) is 6.33 Å². The number of nitrogens with zero attached hydrogens (tertiary/aromatic N) is 2. The van der Waals surface area contributed by atoms with Gasteiger partial charge in [-0.2, -0.15) is 0 Å². The van der Waals surface area contributed by atoms with Gasteiger partial charge < -0.3 is 14.4 Å². The molecule has 6 heteroatoms. The minimum atomic E-state index is -0.939. The van der Waals surface area contributed by atoms with Crippen LogP contribution in [-0.4, -0.2) is 27.4 Å². The summed E-state index contributed by atoms with van der Waals surface area (Å²) in [6, 6.07) is 6.13. The number of halogens is 2. The molecule has 1 atom stereocenters. The molecule has 0 saturated carbocycles. The number of aliphatic hydroxyl groups is 1. The third kappa shape index (κ3) is 3.49. The van der Waals surface area contributed by atoms with Crippen molar-refractivity contribution in [2.24, 2.45) is 0 Å². The van der Waals surface area contributed by atoms with Crippen LogP contribution in [0, 0.1) is 32.4 Å².